The van der Waals surface area contributed by atoms with E-state index in [0.717, 1.165) is 44.9 Å². The number of halogens is 3. The van der Waals surface area contributed by atoms with Crippen molar-refractivity contribution < 1.29 is 0 Å². The first-order chi connectivity index (χ1) is 57.7. The molecule has 0 spiro atoms. The van der Waals surface area contributed by atoms with Crippen molar-refractivity contribution in [3.63, 3.8) is 0 Å². The van der Waals surface area contributed by atoms with E-state index in [4.69, 9.17) is 22.9 Å². The summed E-state index contributed by atoms with van der Waals surface area (Å²) in [5.74, 6) is 6.25. The van der Waals surface area contributed by atoms with Crippen molar-refractivity contribution in [1.29, 1.82) is 0 Å². The molecule has 2 aromatic heterocycles. The Balaban J connectivity index is 0.000000476. The number of thiophene rings is 2. The van der Waals surface area contributed by atoms with E-state index < -0.39 is 24.2 Å². The minimum absolute atomic E-state index is 0.109. The molecule has 0 bridgehead atoms. The maximum atomic E-state index is 6.19. The summed E-state index contributed by atoms with van der Waals surface area (Å²) < 4.78 is 10.1. The van der Waals surface area contributed by atoms with Crippen molar-refractivity contribution in [2.45, 2.75) is 353 Å². The van der Waals surface area contributed by atoms with Crippen LogP contribution in [0, 0.1) is 25.7 Å². The fraction of sp³-hybridized carbons (Fsp3) is 0.524. The molecule has 0 amide bonds. The second-order valence-corrected chi connectivity index (χ2v) is 57.0. The van der Waals surface area contributed by atoms with Crippen molar-refractivity contribution >= 4 is 115 Å². The predicted octanol–water partition coefficient (Wildman–Crippen LogP) is 32.1. The van der Waals surface area contributed by atoms with Gasteiger partial charge in [0.2, 0.25) is 0 Å². The van der Waals surface area contributed by atoms with E-state index in [9.17, 15) is 0 Å². The highest BCUT2D eigenvalue weighted by molar-refractivity contribution is 14.1. The molecule has 666 valence electrons. The number of allylic oxidation sites excluding steroid dienone is 2. The molecule has 7 atom stereocenters. The first-order valence-electron chi connectivity index (χ1n) is 46.0. The number of unbranched alkanes of at least 4 members (excludes halogenated alkanes) is 10. The number of nitrogens with one attached hydrogen (secondary N) is 3. The van der Waals surface area contributed by atoms with Crippen molar-refractivity contribution in [3.8, 4) is 11.8 Å². The molecule has 6 aromatic carbocycles. The normalized spacial score (nSPS) is 13.1. The third kappa shape index (κ3) is 64.1. The Labute approximate surface area is 789 Å². The summed E-state index contributed by atoms with van der Waals surface area (Å²) in [6.45, 7) is 32.8. The molecule has 0 aliphatic heterocycles. The lowest BCUT2D eigenvalue weighted by Gasteiger charge is -2.16. The van der Waals surface area contributed by atoms with Crippen LogP contribution in [0.2, 0.25) is 77.1 Å². The van der Waals surface area contributed by atoms with Gasteiger partial charge in [-0.25, -0.2) is 0 Å². The zero-order valence-corrected chi connectivity index (χ0v) is 88.4. The van der Waals surface area contributed by atoms with Gasteiger partial charge in [-0.15, -0.1) is 28.6 Å². The van der Waals surface area contributed by atoms with E-state index in [1.807, 2.05) is 34.8 Å². The molecule has 120 heavy (non-hydrogen) atoms. The van der Waals surface area contributed by atoms with E-state index in [1.54, 1.807) is 0 Å². The Morgan fingerprint density at radius 2 is 0.708 bits per heavy atom. The van der Waals surface area contributed by atoms with Gasteiger partial charge in [-0.05, 0) is 186 Å². The molecular weight excluding hydrogens is 1890 g/mol. The molecule has 7 unspecified atom stereocenters. The van der Waals surface area contributed by atoms with E-state index in [-0.39, 0.29) is 24.2 Å². The summed E-state index contributed by atoms with van der Waals surface area (Å²) in [6.07, 6.45) is 46.7. The van der Waals surface area contributed by atoms with Crippen molar-refractivity contribution in [3.05, 3.63) is 283 Å². The lowest BCUT2D eigenvalue weighted by atomic mass is 9.99. The van der Waals surface area contributed by atoms with Crippen LogP contribution in [0.3, 0.4) is 0 Å². The zero-order valence-electron chi connectivity index (χ0n) is 77.3. The maximum absolute atomic E-state index is 6.19. The van der Waals surface area contributed by atoms with Gasteiger partial charge < -0.3 is 22.9 Å². The van der Waals surface area contributed by atoms with Gasteiger partial charge in [-0.3, -0.25) is 10.6 Å². The third-order valence-electron chi connectivity index (χ3n) is 20.9. The van der Waals surface area contributed by atoms with Gasteiger partial charge in [-0.1, -0.05) is 398 Å². The van der Waals surface area contributed by atoms with Gasteiger partial charge in [0.15, 0.2) is 0 Å². The molecule has 0 aliphatic carbocycles. The fourth-order valence-electron chi connectivity index (χ4n) is 13.4. The van der Waals surface area contributed by atoms with E-state index in [0.29, 0.717) is 18.1 Å². The van der Waals surface area contributed by atoms with Gasteiger partial charge in [0, 0.05) is 145 Å². The Bertz CT molecular complexity index is 3710. The van der Waals surface area contributed by atoms with Crippen molar-refractivity contribution in [2.75, 3.05) is 0 Å². The molecule has 15 heteroatoms. The van der Waals surface area contributed by atoms with Crippen LogP contribution in [0.15, 0.2) is 229 Å². The molecular formula is C105H166I3N7S2Si3. The van der Waals surface area contributed by atoms with Crippen LogP contribution in [0.25, 0.3) is 0 Å². The van der Waals surface area contributed by atoms with Crippen LogP contribution in [-0.2, 0) is 25.7 Å². The molecule has 8 rings (SSSR count). The summed E-state index contributed by atoms with van der Waals surface area (Å²) in [5.41, 5.74) is 35.1. The van der Waals surface area contributed by atoms with Gasteiger partial charge in [0.1, 0.15) is 0 Å². The summed E-state index contributed by atoms with van der Waals surface area (Å²) in [4.78, 5) is 2.99. The van der Waals surface area contributed by atoms with Gasteiger partial charge >= 0.3 is 0 Å². The third-order valence-corrected chi connectivity index (χ3v) is 30.6. The van der Waals surface area contributed by atoms with Crippen LogP contribution < -0.4 is 33.5 Å². The van der Waals surface area contributed by atoms with Crippen molar-refractivity contribution in [1.82, 2.24) is 10.6 Å². The molecule has 0 radical (unpaired) electrons. The average molecular weight is 2060 g/mol. The summed E-state index contributed by atoms with van der Waals surface area (Å²) in [7, 11) is -2.47. The van der Waals surface area contributed by atoms with Gasteiger partial charge in [0.05, 0.1) is 6.04 Å². The molecule has 0 aliphatic rings. The molecule has 0 saturated heterocycles. The monoisotopic (exact) mass is 2050 g/mol. The van der Waals surface area contributed by atoms with Crippen LogP contribution in [0.4, 0.5) is 0 Å². The summed E-state index contributed by atoms with van der Waals surface area (Å²) in [5, 5.41) is 4.31. The lowest BCUT2D eigenvalue weighted by Crippen LogP contribution is -2.20. The molecule has 0 saturated carbocycles. The minimum atomic E-state index is -0.837. The Kier molecular flexibility index (Phi) is 67.8. The van der Waals surface area contributed by atoms with Gasteiger partial charge in [0.25, 0.3) is 0 Å². The second-order valence-electron chi connectivity index (χ2n) is 36.2. The number of aryl methyl sites for hydroxylation is 6. The first-order valence-corrected chi connectivity index (χ1v) is 62.1. The van der Waals surface area contributed by atoms with E-state index in [2.05, 4.69) is 402 Å². The standard InChI is InChI=1S/C18H22IN.C18H23N.C15H18INS.C15H19NS.C13H28INSi.C13H29NSi.C13H27NSi/c1-15-11-13-16(14-12-15)7-5-6-10-18(20-19)17-8-3-2-4-9-17;1-15-11-13-16(14-12-15)7-5-6-10-18(19)17-8-3-2-4-9-17;16-17-15(13-7-2-1-3-8-13)11-5-4-9-14-10-6-12-18-14;16-15(13-7-2-1-3-8-13)11-5-4-9-14-10-6-12-17-14;1-5-6-7-10-13(15-14)11-8-9-12-16(2,3)4;2*1-5-6-7-10-13(14)11-8-9-12-15(2,3)4/h2-4,8-9,11-14,18,20H,5-7,10H2,1H3;2-4,8-9,11-14,18H,5-7,10,19H2,1H3;1-3,6-8,10,12,15,17H,4-5,9,11H2;1-3,6-8,10,12,15H,4-5,9,11,16H2;7,10,13,15H,5-6,8-9,11-12H2,1-4H3;7,10,13H,5-6,8-9,11-12,14H2,1-4H3;13H,5-6,8-9,11-12,14H2,1-4H3/b;;;;2*10-7+;. The Hall–Kier alpha value is -3.68. The average Bonchev–Trinajstić information content (AvgIpc) is 1.64. The smallest absolute Gasteiger partial charge is 0.0664 e. The van der Waals surface area contributed by atoms with Crippen LogP contribution >= 0.6 is 91.3 Å². The number of rotatable bonds is 49. The predicted molar refractivity (Wildman–Crippen MR) is 574 cm³/mol. The number of hydrogen-bond donors (Lipinski definition) is 7. The second kappa shape index (κ2) is 72.4. The molecule has 11 N–H and O–H groups in total. The number of hydrogen-bond acceptors (Lipinski definition) is 9. The van der Waals surface area contributed by atoms with Gasteiger partial charge in [-0.2, -0.15) is 0 Å². The number of nitrogens with two attached hydrogens (primary N) is 4. The summed E-state index contributed by atoms with van der Waals surface area (Å²) in [6, 6.07) is 75.2. The topological polar surface area (TPSA) is 140 Å². The fourth-order valence-corrected chi connectivity index (χ4v) is 20.7. The molecule has 7 nitrogen and oxygen atoms in total. The quantitative estimate of drug-likeness (QED) is 0.00503. The molecule has 8 aromatic rings. The Morgan fingerprint density at radius 3 is 1.06 bits per heavy atom. The largest absolute Gasteiger partial charge is 0.324 e. The maximum Gasteiger partial charge on any atom is 0.0664 e. The van der Waals surface area contributed by atoms with Crippen molar-refractivity contribution in [2.24, 2.45) is 22.9 Å². The Morgan fingerprint density at radius 1 is 0.358 bits per heavy atom. The SMILES string of the molecule is CCC/C=C/C(CCCC[Si](C)(C)C)NI.CCC/C=C/C(N)CCCC[Si](C)(C)C.CCCC#CC(N)CCCC[Si](C)(C)C.Cc1ccc(CCCCC(N)c2ccccc2)cc1.Cc1ccc(CCCCC(NI)c2ccccc2)cc1.INC(CCCCc1cccs1)c1ccccc1.NC(CCCCc1cccs1)c1ccccc1. The highest BCUT2D eigenvalue weighted by Crippen LogP contribution is 2.26. The van der Waals surface area contributed by atoms with Crippen LogP contribution in [0.1, 0.15) is 273 Å². The van der Waals surface area contributed by atoms with Crippen LogP contribution in [0.5, 0.6) is 0 Å². The first kappa shape index (κ1) is 112. The lowest BCUT2D eigenvalue weighted by molar-refractivity contribution is 0.570. The van der Waals surface area contributed by atoms with E-state index >= 15 is 0 Å². The highest BCUT2D eigenvalue weighted by atomic mass is 127. The minimum Gasteiger partial charge on any atom is -0.324 e. The van der Waals surface area contributed by atoms with E-state index in [1.165, 1.54) is 226 Å². The zero-order chi connectivity index (χ0) is 88.2. The molecule has 0 fully saturated rings. The van der Waals surface area contributed by atoms with Crippen LogP contribution in [-0.4, -0.2) is 42.3 Å². The number of benzene rings is 6. The highest BCUT2D eigenvalue weighted by Gasteiger charge is 2.16. The summed E-state index contributed by atoms with van der Waals surface area (Å²) >= 11 is 10.5. The molecule has 2 heterocycles.